The molecule has 0 aliphatic rings. The van der Waals surface area contributed by atoms with Gasteiger partial charge in [0.1, 0.15) is 5.69 Å². The molecular weight excluding hydrogens is 262 g/mol. The maximum absolute atomic E-state index is 12.0. The number of aryl methyl sites for hydroxylation is 2. The third-order valence-electron chi connectivity index (χ3n) is 2.35. The van der Waals surface area contributed by atoms with Crippen molar-refractivity contribution >= 4 is 23.2 Å². The predicted molar refractivity (Wildman–Crippen MR) is 74.3 cm³/mol. The number of carbonyl (C=O) groups excluding carboxylic acids is 1. The van der Waals surface area contributed by atoms with Crippen LogP contribution in [0.2, 0.25) is 0 Å². The molecule has 0 spiro atoms. The van der Waals surface area contributed by atoms with Crippen molar-refractivity contribution in [1.82, 2.24) is 15.0 Å². The van der Waals surface area contributed by atoms with E-state index in [0.29, 0.717) is 24.6 Å². The van der Waals surface area contributed by atoms with Crippen molar-refractivity contribution in [2.75, 3.05) is 11.9 Å². The molecule has 2 rings (SSSR count). The lowest BCUT2D eigenvalue weighted by atomic mass is 10.3. The number of rotatable bonds is 4. The van der Waals surface area contributed by atoms with Crippen molar-refractivity contribution in [2.24, 2.45) is 5.73 Å². The number of hydrogen-bond donors (Lipinski definition) is 2. The Morgan fingerprint density at radius 1 is 1.32 bits per heavy atom. The first-order valence-electron chi connectivity index (χ1n) is 5.86. The van der Waals surface area contributed by atoms with Crippen LogP contribution in [0.25, 0.3) is 0 Å². The van der Waals surface area contributed by atoms with Gasteiger partial charge in [-0.05, 0) is 26.5 Å². The van der Waals surface area contributed by atoms with Gasteiger partial charge in [-0.3, -0.25) is 10.1 Å². The summed E-state index contributed by atoms with van der Waals surface area (Å²) in [7, 11) is 0. The Morgan fingerprint density at radius 3 is 2.63 bits per heavy atom. The van der Waals surface area contributed by atoms with E-state index in [4.69, 9.17) is 5.73 Å². The molecule has 100 valence electrons. The number of nitrogens with zero attached hydrogens (tertiary/aromatic N) is 3. The number of anilines is 1. The van der Waals surface area contributed by atoms with Gasteiger partial charge in [-0.1, -0.05) is 0 Å². The maximum Gasteiger partial charge on any atom is 0.277 e. The summed E-state index contributed by atoms with van der Waals surface area (Å²) in [6, 6.07) is 1.85. The van der Waals surface area contributed by atoms with Gasteiger partial charge in [0, 0.05) is 23.2 Å². The monoisotopic (exact) mass is 277 g/mol. The van der Waals surface area contributed by atoms with Gasteiger partial charge < -0.3 is 5.73 Å². The molecule has 7 heteroatoms. The van der Waals surface area contributed by atoms with Crippen LogP contribution in [-0.2, 0) is 6.42 Å². The van der Waals surface area contributed by atoms with E-state index in [1.54, 1.807) is 5.38 Å². The minimum absolute atomic E-state index is 0.301. The van der Waals surface area contributed by atoms with Crippen LogP contribution in [0.1, 0.15) is 26.9 Å². The number of amides is 1. The molecule has 0 fully saturated rings. The van der Waals surface area contributed by atoms with Crippen molar-refractivity contribution in [1.29, 1.82) is 0 Å². The van der Waals surface area contributed by atoms with Crippen molar-refractivity contribution in [3.05, 3.63) is 33.5 Å². The molecule has 0 aliphatic carbocycles. The number of carbonyl (C=O) groups is 1. The summed E-state index contributed by atoms with van der Waals surface area (Å²) in [5.74, 6) is 0.000367. The molecule has 0 aliphatic heterocycles. The van der Waals surface area contributed by atoms with Crippen molar-refractivity contribution in [3.8, 4) is 0 Å². The van der Waals surface area contributed by atoms with Crippen LogP contribution >= 0.6 is 11.3 Å². The van der Waals surface area contributed by atoms with Gasteiger partial charge in [0.2, 0.25) is 5.95 Å². The molecule has 0 bridgehead atoms. The molecule has 2 heterocycles. The van der Waals surface area contributed by atoms with Crippen LogP contribution in [0.3, 0.4) is 0 Å². The van der Waals surface area contributed by atoms with Crippen molar-refractivity contribution in [2.45, 2.75) is 20.3 Å². The van der Waals surface area contributed by atoms with Gasteiger partial charge in [0.25, 0.3) is 5.91 Å². The molecule has 0 unspecified atom stereocenters. The maximum atomic E-state index is 12.0. The van der Waals surface area contributed by atoms with E-state index in [9.17, 15) is 4.79 Å². The molecule has 2 aromatic heterocycles. The van der Waals surface area contributed by atoms with Crippen molar-refractivity contribution < 1.29 is 4.79 Å². The SMILES string of the molecule is Cc1cc(C)nc(NC(=O)c2csc(CCN)n2)n1. The van der Waals surface area contributed by atoms with E-state index in [1.807, 2.05) is 19.9 Å². The molecule has 2 aromatic rings. The molecular formula is C12H15N5OS. The van der Waals surface area contributed by atoms with Crippen molar-refractivity contribution in [3.63, 3.8) is 0 Å². The van der Waals surface area contributed by atoms with Crippen LogP contribution in [-0.4, -0.2) is 27.4 Å². The van der Waals surface area contributed by atoms with E-state index in [2.05, 4.69) is 20.3 Å². The second-order valence-corrected chi connectivity index (χ2v) is 5.04. The first-order valence-corrected chi connectivity index (χ1v) is 6.74. The Kier molecular flexibility index (Phi) is 4.18. The van der Waals surface area contributed by atoms with Crippen LogP contribution < -0.4 is 11.1 Å². The van der Waals surface area contributed by atoms with Crippen LogP contribution in [0.4, 0.5) is 5.95 Å². The minimum Gasteiger partial charge on any atom is -0.330 e. The van der Waals surface area contributed by atoms with Crippen LogP contribution in [0.15, 0.2) is 11.4 Å². The normalized spacial score (nSPS) is 10.5. The molecule has 0 saturated carbocycles. The number of thiazole rings is 1. The molecule has 3 N–H and O–H groups in total. The summed E-state index contributed by atoms with van der Waals surface area (Å²) < 4.78 is 0. The molecule has 0 radical (unpaired) electrons. The first kappa shape index (κ1) is 13.6. The smallest absolute Gasteiger partial charge is 0.277 e. The fraction of sp³-hybridized carbons (Fsp3) is 0.333. The topological polar surface area (TPSA) is 93.8 Å². The van der Waals surface area contributed by atoms with Gasteiger partial charge in [-0.15, -0.1) is 11.3 Å². The molecule has 6 nitrogen and oxygen atoms in total. The number of hydrogen-bond acceptors (Lipinski definition) is 6. The zero-order valence-corrected chi connectivity index (χ0v) is 11.6. The Morgan fingerprint density at radius 2 is 2.00 bits per heavy atom. The summed E-state index contributed by atoms with van der Waals surface area (Å²) in [5, 5.41) is 5.21. The number of nitrogens with one attached hydrogen (secondary N) is 1. The number of nitrogens with two attached hydrogens (primary N) is 1. The summed E-state index contributed by atoms with van der Waals surface area (Å²) >= 11 is 1.43. The van der Waals surface area contributed by atoms with Gasteiger partial charge in [0.15, 0.2) is 0 Å². The second kappa shape index (κ2) is 5.85. The fourth-order valence-corrected chi connectivity index (χ4v) is 2.40. The molecule has 0 saturated heterocycles. The highest BCUT2D eigenvalue weighted by Gasteiger charge is 2.12. The third-order valence-corrected chi connectivity index (χ3v) is 3.26. The Hall–Kier alpha value is -1.86. The summed E-state index contributed by atoms with van der Waals surface area (Å²) in [6.07, 6.45) is 0.679. The van der Waals surface area contributed by atoms with Gasteiger partial charge in [-0.2, -0.15) is 0 Å². The predicted octanol–water partition coefficient (Wildman–Crippen LogP) is 1.30. The highest BCUT2D eigenvalue weighted by atomic mass is 32.1. The standard InChI is InChI=1S/C12H15N5OS/c1-7-5-8(2)15-12(14-7)17-11(18)9-6-19-10(16-9)3-4-13/h5-6H,3-4,13H2,1-2H3,(H,14,15,17,18). The molecule has 0 aromatic carbocycles. The molecule has 0 atom stereocenters. The lowest BCUT2D eigenvalue weighted by Gasteiger charge is -2.03. The van der Waals surface area contributed by atoms with Gasteiger partial charge in [-0.25, -0.2) is 15.0 Å². The molecule has 19 heavy (non-hydrogen) atoms. The third kappa shape index (κ3) is 3.55. The zero-order chi connectivity index (χ0) is 13.8. The van der Waals surface area contributed by atoms with E-state index >= 15 is 0 Å². The first-order chi connectivity index (χ1) is 9.08. The van der Waals surface area contributed by atoms with Gasteiger partial charge in [0.05, 0.1) is 5.01 Å². The van der Waals surface area contributed by atoms with Gasteiger partial charge >= 0.3 is 0 Å². The Labute approximate surface area is 115 Å². The fourth-order valence-electron chi connectivity index (χ4n) is 1.60. The highest BCUT2D eigenvalue weighted by Crippen LogP contribution is 2.12. The summed E-state index contributed by atoms with van der Waals surface area (Å²) in [5.41, 5.74) is 7.44. The number of aromatic nitrogens is 3. The van der Waals surface area contributed by atoms with Crippen LogP contribution in [0.5, 0.6) is 0 Å². The largest absolute Gasteiger partial charge is 0.330 e. The summed E-state index contributed by atoms with van der Waals surface area (Å²) in [6.45, 7) is 4.23. The summed E-state index contributed by atoms with van der Waals surface area (Å²) in [4.78, 5) is 24.5. The minimum atomic E-state index is -0.301. The van der Waals surface area contributed by atoms with Crippen LogP contribution in [0, 0.1) is 13.8 Å². The second-order valence-electron chi connectivity index (χ2n) is 4.09. The average molecular weight is 277 g/mol. The molecule has 1 amide bonds. The lowest BCUT2D eigenvalue weighted by Crippen LogP contribution is -2.15. The van der Waals surface area contributed by atoms with E-state index in [1.165, 1.54) is 11.3 Å². The average Bonchev–Trinajstić information content (AvgIpc) is 2.76. The zero-order valence-electron chi connectivity index (χ0n) is 10.8. The van der Waals surface area contributed by atoms with E-state index in [-0.39, 0.29) is 5.91 Å². The quantitative estimate of drug-likeness (QED) is 0.878. The highest BCUT2D eigenvalue weighted by molar-refractivity contribution is 7.09. The Balaban J connectivity index is 2.11. The van der Waals surface area contributed by atoms with E-state index in [0.717, 1.165) is 16.4 Å². The Bertz CT molecular complexity index is 575. The van der Waals surface area contributed by atoms with E-state index < -0.39 is 0 Å². The lowest BCUT2D eigenvalue weighted by molar-refractivity contribution is 0.102.